The predicted octanol–water partition coefficient (Wildman–Crippen LogP) is 1.72. The van der Waals surface area contributed by atoms with E-state index in [4.69, 9.17) is 0 Å². The van der Waals surface area contributed by atoms with Gasteiger partial charge in [-0.15, -0.1) is 0 Å². The summed E-state index contributed by atoms with van der Waals surface area (Å²) < 4.78 is 4.57. The molecule has 1 atom stereocenters. The van der Waals surface area contributed by atoms with Gasteiger partial charge >= 0.3 is 5.97 Å². The molecule has 1 rings (SSSR count). The van der Waals surface area contributed by atoms with Crippen molar-refractivity contribution in [1.82, 2.24) is 5.32 Å². The molecule has 1 saturated carbocycles. The number of carbonyl (C=O) groups is 1. The lowest BCUT2D eigenvalue weighted by Gasteiger charge is -2.20. The Hall–Kier alpha value is -0.570. The molecule has 0 spiro atoms. The maximum absolute atomic E-state index is 10.8. The van der Waals surface area contributed by atoms with Crippen LogP contribution in [0, 0.1) is 5.41 Å². The van der Waals surface area contributed by atoms with Gasteiger partial charge < -0.3 is 10.1 Å². The van der Waals surface area contributed by atoms with Gasteiger partial charge in [0.25, 0.3) is 0 Å². The molecule has 0 bridgehead atoms. The fraction of sp³-hybridized carbons (Fsp3) is 0.909. The molecule has 1 unspecified atom stereocenters. The van der Waals surface area contributed by atoms with Crippen LogP contribution in [0.1, 0.15) is 39.5 Å². The van der Waals surface area contributed by atoms with Gasteiger partial charge in [0, 0.05) is 12.5 Å². The quantitative estimate of drug-likeness (QED) is 0.523. The number of hydrogen-bond acceptors (Lipinski definition) is 3. The zero-order valence-corrected chi connectivity index (χ0v) is 9.43. The molecule has 0 amide bonds. The second-order valence-corrected chi connectivity index (χ2v) is 4.51. The highest BCUT2D eigenvalue weighted by Crippen LogP contribution is 2.47. The maximum Gasteiger partial charge on any atom is 0.305 e. The average molecular weight is 199 g/mol. The summed E-state index contributed by atoms with van der Waals surface area (Å²) in [5.41, 5.74) is 0.519. The predicted molar refractivity (Wildman–Crippen MR) is 56.1 cm³/mol. The van der Waals surface area contributed by atoms with Crippen LogP contribution in [0.25, 0.3) is 0 Å². The number of hydrogen-bond donors (Lipinski definition) is 1. The molecule has 1 fully saturated rings. The van der Waals surface area contributed by atoms with E-state index in [0.717, 1.165) is 13.0 Å². The highest BCUT2D eigenvalue weighted by atomic mass is 16.5. The molecule has 0 aliphatic heterocycles. The third kappa shape index (κ3) is 3.29. The molecule has 0 heterocycles. The van der Waals surface area contributed by atoms with Crippen molar-refractivity contribution in [1.29, 1.82) is 0 Å². The Bertz CT molecular complexity index is 199. The molecular formula is C11H21NO2. The summed E-state index contributed by atoms with van der Waals surface area (Å²) in [4.78, 5) is 10.8. The maximum atomic E-state index is 10.8. The van der Waals surface area contributed by atoms with Crippen molar-refractivity contribution in [3.63, 3.8) is 0 Å². The molecule has 1 N–H and O–H groups in total. The number of methoxy groups -OCH3 is 1. The van der Waals surface area contributed by atoms with E-state index in [0.29, 0.717) is 17.9 Å². The summed E-state index contributed by atoms with van der Waals surface area (Å²) in [6.45, 7) is 5.45. The fourth-order valence-electron chi connectivity index (χ4n) is 1.53. The second-order valence-electron chi connectivity index (χ2n) is 4.51. The minimum atomic E-state index is -0.114. The monoisotopic (exact) mass is 199 g/mol. The highest BCUT2D eigenvalue weighted by molar-refractivity contribution is 5.69. The van der Waals surface area contributed by atoms with Gasteiger partial charge in [-0.25, -0.2) is 0 Å². The molecule has 0 radical (unpaired) electrons. The van der Waals surface area contributed by atoms with E-state index in [9.17, 15) is 4.79 Å². The molecule has 0 saturated heterocycles. The van der Waals surface area contributed by atoms with E-state index < -0.39 is 0 Å². The standard InChI is InChI=1S/C11H21NO2/c1-9(11(2)6-7-11)12-8-4-5-10(13)14-3/h9,12H,4-8H2,1-3H3. The first-order valence-electron chi connectivity index (χ1n) is 5.39. The van der Waals surface area contributed by atoms with Crippen LogP contribution in [0.2, 0.25) is 0 Å². The first kappa shape index (κ1) is 11.5. The van der Waals surface area contributed by atoms with Gasteiger partial charge in [0.1, 0.15) is 0 Å². The third-order valence-electron chi connectivity index (χ3n) is 3.32. The molecule has 14 heavy (non-hydrogen) atoms. The first-order valence-corrected chi connectivity index (χ1v) is 5.39. The molecule has 0 aromatic heterocycles. The van der Waals surface area contributed by atoms with E-state index in [1.807, 2.05) is 0 Å². The average Bonchev–Trinajstić information content (AvgIpc) is 2.91. The summed E-state index contributed by atoms with van der Waals surface area (Å²) in [5.74, 6) is -0.114. The van der Waals surface area contributed by atoms with Gasteiger partial charge in [-0.2, -0.15) is 0 Å². The number of nitrogens with one attached hydrogen (secondary N) is 1. The Kier molecular flexibility index (Phi) is 3.93. The topological polar surface area (TPSA) is 38.3 Å². The molecule has 82 valence electrons. The second kappa shape index (κ2) is 4.78. The van der Waals surface area contributed by atoms with Crippen molar-refractivity contribution >= 4 is 5.97 Å². The Labute approximate surface area is 86.2 Å². The minimum absolute atomic E-state index is 0.114. The van der Waals surface area contributed by atoms with E-state index >= 15 is 0 Å². The lowest BCUT2D eigenvalue weighted by molar-refractivity contribution is -0.140. The van der Waals surface area contributed by atoms with Crippen LogP contribution in [-0.2, 0) is 9.53 Å². The van der Waals surface area contributed by atoms with Crippen molar-refractivity contribution in [3.05, 3.63) is 0 Å². The van der Waals surface area contributed by atoms with E-state index in [-0.39, 0.29) is 5.97 Å². The molecule has 0 aromatic rings. The summed E-state index contributed by atoms with van der Waals surface area (Å²) >= 11 is 0. The van der Waals surface area contributed by atoms with Crippen molar-refractivity contribution in [2.75, 3.05) is 13.7 Å². The molecule has 3 heteroatoms. The Morgan fingerprint density at radius 1 is 1.57 bits per heavy atom. The van der Waals surface area contributed by atoms with Crippen LogP contribution < -0.4 is 5.32 Å². The smallest absolute Gasteiger partial charge is 0.305 e. The van der Waals surface area contributed by atoms with Crippen LogP contribution in [0.3, 0.4) is 0 Å². The highest BCUT2D eigenvalue weighted by Gasteiger charge is 2.41. The van der Waals surface area contributed by atoms with Crippen molar-refractivity contribution < 1.29 is 9.53 Å². The number of carbonyl (C=O) groups excluding carboxylic acids is 1. The summed E-state index contributed by atoms with van der Waals surface area (Å²) in [6.07, 6.45) is 4.05. The van der Waals surface area contributed by atoms with E-state index in [2.05, 4.69) is 23.9 Å². The van der Waals surface area contributed by atoms with Crippen molar-refractivity contribution in [3.8, 4) is 0 Å². The Morgan fingerprint density at radius 3 is 2.71 bits per heavy atom. The largest absolute Gasteiger partial charge is 0.469 e. The number of ether oxygens (including phenoxy) is 1. The molecule has 1 aliphatic carbocycles. The van der Waals surface area contributed by atoms with Crippen LogP contribution in [0.5, 0.6) is 0 Å². The SMILES string of the molecule is COC(=O)CCCNC(C)C1(C)CC1. The van der Waals surface area contributed by atoms with Crippen LogP contribution in [-0.4, -0.2) is 25.7 Å². The molecular weight excluding hydrogens is 178 g/mol. The molecule has 1 aliphatic rings. The molecule has 0 aromatic carbocycles. The van der Waals surface area contributed by atoms with Crippen LogP contribution >= 0.6 is 0 Å². The van der Waals surface area contributed by atoms with Crippen LogP contribution in [0.15, 0.2) is 0 Å². The van der Waals surface area contributed by atoms with Crippen LogP contribution in [0.4, 0.5) is 0 Å². The Morgan fingerprint density at radius 2 is 2.21 bits per heavy atom. The van der Waals surface area contributed by atoms with Gasteiger partial charge in [-0.3, -0.25) is 4.79 Å². The number of rotatable bonds is 6. The zero-order chi connectivity index (χ0) is 10.6. The first-order chi connectivity index (χ1) is 6.58. The van der Waals surface area contributed by atoms with Gasteiger partial charge in [0.15, 0.2) is 0 Å². The molecule has 3 nitrogen and oxygen atoms in total. The minimum Gasteiger partial charge on any atom is -0.469 e. The third-order valence-corrected chi connectivity index (χ3v) is 3.32. The van der Waals surface area contributed by atoms with Crippen molar-refractivity contribution in [2.24, 2.45) is 5.41 Å². The zero-order valence-electron chi connectivity index (χ0n) is 9.43. The lowest BCUT2D eigenvalue weighted by atomic mass is 10.0. The number of esters is 1. The van der Waals surface area contributed by atoms with E-state index in [1.54, 1.807) is 0 Å². The Balaban J connectivity index is 2.01. The van der Waals surface area contributed by atoms with Gasteiger partial charge in [-0.1, -0.05) is 6.92 Å². The summed E-state index contributed by atoms with van der Waals surface area (Å²) in [7, 11) is 1.43. The lowest BCUT2D eigenvalue weighted by Crippen LogP contribution is -2.34. The van der Waals surface area contributed by atoms with Crippen molar-refractivity contribution in [2.45, 2.75) is 45.6 Å². The van der Waals surface area contributed by atoms with Gasteiger partial charge in [0.2, 0.25) is 0 Å². The summed E-state index contributed by atoms with van der Waals surface area (Å²) in [5, 5.41) is 3.46. The van der Waals surface area contributed by atoms with Gasteiger partial charge in [-0.05, 0) is 38.1 Å². The van der Waals surface area contributed by atoms with E-state index in [1.165, 1.54) is 20.0 Å². The fourth-order valence-corrected chi connectivity index (χ4v) is 1.53. The van der Waals surface area contributed by atoms with Gasteiger partial charge in [0.05, 0.1) is 7.11 Å². The summed E-state index contributed by atoms with van der Waals surface area (Å²) in [6, 6.07) is 0.570. The normalized spacial score (nSPS) is 20.2.